The lowest BCUT2D eigenvalue weighted by molar-refractivity contribution is -0.132. The number of hydrogen-bond acceptors (Lipinski definition) is 3. The molecule has 1 aromatic rings. The highest BCUT2D eigenvalue weighted by Gasteiger charge is 2.21. The Balaban J connectivity index is 3.15. The minimum absolute atomic E-state index is 0.0491. The Labute approximate surface area is 151 Å². The van der Waals surface area contributed by atoms with E-state index in [1.54, 1.807) is 6.92 Å². The molecule has 0 aliphatic rings. The van der Waals surface area contributed by atoms with Crippen molar-refractivity contribution in [1.82, 2.24) is 10.2 Å². The first-order valence-corrected chi connectivity index (χ1v) is 8.79. The molecule has 0 radical (unpaired) electrons. The zero-order valence-corrected chi connectivity index (χ0v) is 16.5. The van der Waals surface area contributed by atoms with E-state index in [0.29, 0.717) is 24.7 Å². The summed E-state index contributed by atoms with van der Waals surface area (Å²) in [5.74, 6) is 0.413. The molecule has 0 aromatic heterocycles. The van der Waals surface area contributed by atoms with Gasteiger partial charge in [-0.2, -0.15) is 0 Å². The number of urea groups is 1. The molecule has 0 spiro atoms. The van der Waals surface area contributed by atoms with Crippen molar-refractivity contribution < 1.29 is 9.59 Å². The Morgan fingerprint density at radius 1 is 1.16 bits per heavy atom. The van der Waals surface area contributed by atoms with Crippen molar-refractivity contribution in [1.29, 1.82) is 0 Å². The molecular formula is C19H32N4O2. The Morgan fingerprint density at radius 2 is 1.80 bits per heavy atom. The number of carbonyl (C=O) groups excluding carboxylic acids is 2. The zero-order chi connectivity index (χ0) is 19.1. The molecule has 1 rings (SSSR count). The second kappa shape index (κ2) is 9.30. The van der Waals surface area contributed by atoms with Gasteiger partial charge in [0.25, 0.3) is 0 Å². The van der Waals surface area contributed by atoms with Crippen LogP contribution in [0.15, 0.2) is 18.2 Å². The van der Waals surface area contributed by atoms with Crippen molar-refractivity contribution in [2.45, 2.75) is 47.2 Å². The van der Waals surface area contributed by atoms with Gasteiger partial charge in [-0.25, -0.2) is 4.79 Å². The van der Waals surface area contributed by atoms with Crippen LogP contribution < -0.4 is 15.5 Å². The van der Waals surface area contributed by atoms with Crippen molar-refractivity contribution >= 4 is 23.3 Å². The van der Waals surface area contributed by atoms with Crippen molar-refractivity contribution in [3.63, 3.8) is 0 Å². The smallest absolute Gasteiger partial charge is 0.319 e. The van der Waals surface area contributed by atoms with E-state index in [-0.39, 0.29) is 18.0 Å². The monoisotopic (exact) mass is 348 g/mol. The van der Waals surface area contributed by atoms with E-state index in [1.165, 1.54) is 0 Å². The fraction of sp³-hybridized carbons (Fsp3) is 0.579. The number of rotatable bonds is 7. The van der Waals surface area contributed by atoms with Gasteiger partial charge in [-0.3, -0.25) is 4.79 Å². The van der Waals surface area contributed by atoms with E-state index < -0.39 is 0 Å². The van der Waals surface area contributed by atoms with Gasteiger partial charge in [0.05, 0.1) is 0 Å². The van der Waals surface area contributed by atoms with E-state index in [9.17, 15) is 9.59 Å². The molecule has 3 amide bonds. The van der Waals surface area contributed by atoms with Gasteiger partial charge in [0.15, 0.2) is 0 Å². The van der Waals surface area contributed by atoms with Crippen LogP contribution in [0.3, 0.4) is 0 Å². The molecule has 0 bridgehead atoms. The molecule has 6 nitrogen and oxygen atoms in total. The molecular weight excluding hydrogens is 316 g/mol. The summed E-state index contributed by atoms with van der Waals surface area (Å²) in [5, 5.41) is 5.55. The number of hydrogen-bond donors (Lipinski definition) is 2. The van der Waals surface area contributed by atoms with Gasteiger partial charge in [0, 0.05) is 51.5 Å². The number of benzene rings is 1. The van der Waals surface area contributed by atoms with Gasteiger partial charge in [-0.15, -0.1) is 0 Å². The summed E-state index contributed by atoms with van der Waals surface area (Å²) in [6, 6.07) is 5.68. The second-order valence-electron chi connectivity index (χ2n) is 6.85. The molecule has 0 saturated heterocycles. The summed E-state index contributed by atoms with van der Waals surface area (Å²) in [7, 11) is 3.94. The van der Waals surface area contributed by atoms with Crippen LogP contribution in [0.4, 0.5) is 16.2 Å². The van der Waals surface area contributed by atoms with E-state index in [2.05, 4.69) is 31.4 Å². The molecule has 1 aromatic carbocycles. The van der Waals surface area contributed by atoms with Gasteiger partial charge in [-0.05, 0) is 43.5 Å². The first-order chi connectivity index (χ1) is 11.7. The highest BCUT2D eigenvalue weighted by molar-refractivity contribution is 5.89. The molecule has 0 fully saturated rings. The molecule has 6 heteroatoms. The molecule has 140 valence electrons. The first kappa shape index (κ1) is 20.8. The highest BCUT2D eigenvalue weighted by Crippen LogP contribution is 2.26. The minimum atomic E-state index is -0.231. The van der Waals surface area contributed by atoms with Crippen LogP contribution in [0.2, 0.25) is 0 Å². The third-order valence-electron chi connectivity index (χ3n) is 4.36. The third-order valence-corrected chi connectivity index (χ3v) is 4.36. The van der Waals surface area contributed by atoms with Gasteiger partial charge in [0.2, 0.25) is 5.91 Å². The summed E-state index contributed by atoms with van der Waals surface area (Å²) >= 11 is 0. The molecule has 0 aliphatic carbocycles. The molecule has 1 atom stereocenters. The molecule has 0 heterocycles. The van der Waals surface area contributed by atoms with Crippen LogP contribution in [0, 0.1) is 5.92 Å². The fourth-order valence-electron chi connectivity index (χ4n) is 2.65. The summed E-state index contributed by atoms with van der Waals surface area (Å²) < 4.78 is 0. The van der Waals surface area contributed by atoms with Crippen LogP contribution in [0.5, 0.6) is 0 Å². The van der Waals surface area contributed by atoms with Gasteiger partial charge < -0.3 is 20.4 Å². The lowest BCUT2D eigenvalue weighted by Crippen LogP contribution is -2.39. The standard InChI is InChI=1S/C19H32N4O2/c1-8-20-19(25)21-17-9-10-18(22(6)7)16(11-17)12-23(15(5)24)14(4)13(2)3/h9-11,13-14H,8,12H2,1-7H3,(H2,20,21,25)/t14-/m0/s1. The van der Waals surface area contributed by atoms with Gasteiger partial charge in [0.1, 0.15) is 0 Å². The largest absolute Gasteiger partial charge is 0.377 e. The quantitative estimate of drug-likeness (QED) is 0.795. The van der Waals surface area contributed by atoms with E-state index in [1.807, 2.05) is 49.0 Å². The van der Waals surface area contributed by atoms with Crippen LogP contribution in [0.25, 0.3) is 0 Å². The van der Waals surface area contributed by atoms with Crippen molar-refractivity contribution in [2.24, 2.45) is 5.92 Å². The first-order valence-electron chi connectivity index (χ1n) is 8.79. The van der Waals surface area contributed by atoms with Crippen LogP contribution >= 0.6 is 0 Å². The maximum absolute atomic E-state index is 12.2. The fourth-order valence-corrected chi connectivity index (χ4v) is 2.65. The second-order valence-corrected chi connectivity index (χ2v) is 6.85. The number of carbonyl (C=O) groups is 2. The van der Waals surface area contributed by atoms with E-state index in [0.717, 1.165) is 11.3 Å². The number of anilines is 2. The summed E-state index contributed by atoms with van der Waals surface area (Å²) in [6.07, 6.45) is 0. The Morgan fingerprint density at radius 3 is 2.28 bits per heavy atom. The average molecular weight is 348 g/mol. The van der Waals surface area contributed by atoms with Gasteiger partial charge >= 0.3 is 6.03 Å². The Kier molecular flexibility index (Phi) is 7.74. The number of nitrogens with zero attached hydrogens (tertiary/aromatic N) is 2. The number of amides is 3. The van der Waals surface area contributed by atoms with Gasteiger partial charge in [-0.1, -0.05) is 13.8 Å². The average Bonchev–Trinajstić information content (AvgIpc) is 2.51. The Hall–Kier alpha value is -2.24. The topological polar surface area (TPSA) is 64.7 Å². The third kappa shape index (κ3) is 5.96. The van der Waals surface area contributed by atoms with E-state index in [4.69, 9.17) is 0 Å². The molecule has 0 aliphatic heterocycles. The maximum atomic E-state index is 12.2. The predicted molar refractivity (Wildman–Crippen MR) is 104 cm³/mol. The molecule has 25 heavy (non-hydrogen) atoms. The summed E-state index contributed by atoms with van der Waals surface area (Å²) in [6.45, 7) is 10.8. The SMILES string of the molecule is CCNC(=O)Nc1ccc(N(C)C)c(CN(C(C)=O)[C@@H](C)C(C)C)c1. The summed E-state index contributed by atoms with van der Waals surface area (Å²) in [4.78, 5) is 27.8. The van der Waals surface area contributed by atoms with Crippen molar-refractivity contribution in [3.8, 4) is 0 Å². The van der Waals surface area contributed by atoms with Crippen LogP contribution in [-0.4, -0.2) is 43.5 Å². The molecule has 0 saturated carbocycles. The zero-order valence-electron chi connectivity index (χ0n) is 16.5. The van der Waals surface area contributed by atoms with Crippen LogP contribution in [0.1, 0.15) is 40.2 Å². The highest BCUT2D eigenvalue weighted by atomic mass is 16.2. The molecule has 0 unspecified atom stereocenters. The maximum Gasteiger partial charge on any atom is 0.319 e. The Bertz CT molecular complexity index is 599. The predicted octanol–water partition coefficient (Wildman–Crippen LogP) is 3.29. The molecule has 2 N–H and O–H groups in total. The van der Waals surface area contributed by atoms with Crippen LogP contribution in [-0.2, 0) is 11.3 Å². The lowest BCUT2D eigenvalue weighted by Gasteiger charge is -2.32. The number of nitrogens with one attached hydrogen (secondary N) is 2. The summed E-state index contributed by atoms with van der Waals surface area (Å²) in [5.41, 5.74) is 2.75. The van der Waals surface area contributed by atoms with E-state index >= 15 is 0 Å². The van der Waals surface area contributed by atoms with Crippen molar-refractivity contribution in [2.75, 3.05) is 30.9 Å². The minimum Gasteiger partial charge on any atom is -0.377 e. The normalized spacial score (nSPS) is 11.8. The van der Waals surface area contributed by atoms with Crippen molar-refractivity contribution in [3.05, 3.63) is 23.8 Å². The lowest BCUT2D eigenvalue weighted by atomic mass is 10.0.